The van der Waals surface area contributed by atoms with Crippen molar-refractivity contribution in [3.63, 3.8) is 0 Å². The van der Waals surface area contributed by atoms with Crippen LogP contribution in [0.3, 0.4) is 0 Å². The summed E-state index contributed by atoms with van der Waals surface area (Å²) in [4.78, 5) is 29.8. The number of rotatable bonds is 6. The van der Waals surface area contributed by atoms with Crippen LogP contribution in [-0.2, 0) is 19.1 Å². The number of azide groups is 1. The van der Waals surface area contributed by atoms with Gasteiger partial charge in [0, 0.05) is 28.7 Å². The molecule has 3 fully saturated rings. The van der Waals surface area contributed by atoms with E-state index in [4.69, 9.17) is 19.7 Å². The minimum atomic E-state index is -2.35. The van der Waals surface area contributed by atoms with Crippen molar-refractivity contribution in [2.45, 2.75) is 89.0 Å². The Morgan fingerprint density at radius 1 is 1.29 bits per heavy atom. The molecule has 0 spiro atoms. The fraction of sp³-hybridized carbons (Fsp3) is 0.643. The fourth-order valence-electron chi connectivity index (χ4n) is 7.57. The van der Waals surface area contributed by atoms with Gasteiger partial charge < -0.3 is 34.6 Å². The molecule has 2 saturated carbocycles. The number of aliphatic hydroxyl groups excluding tert-OH is 2. The molecule has 1 heterocycles. The lowest BCUT2D eigenvalue weighted by Gasteiger charge is -2.71. The summed E-state index contributed by atoms with van der Waals surface area (Å²) in [5, 5.41) is 49.3. The summed E-state index contributed by atoms with van der Waals surface area (Å²) in [6.07, 6.45) is -2.18. The number of carbonyl (C=O) groups is 2. The number of phenols is 1. The van der Waals surface area contributed by atoms with E-state index in [0.717, 1.165) is 0 Å². The Bertz CT molecular complexity index is 1330. The molecule has 2 aliphatic carbocycles. The number of Topliss-reactive ketones (excluding diaryl/α,β-unsaturated/α-hetero) is 1. The van der Waals surface area contributed by atoms with Crippen molar-refractivity contribution in [3.05, 3.63) is 38.8 Å². The highest BCUT2D eigenvalue weighted by molar-refractivity contribution is 14.1. The number of ether oxygens (including phenoxy) is 3. The Morgan fingerprint density at radius 3 is 2.56 bits per heavy atom. The first-order chi connectivity index (χ1) is 18.9. The lowest BCUT2D eigenvalue weighted by atomic mass is 9.40. The third-order valence-electron chi connectivity index (χ3n) is 9.50. The van der Waals surface area contributed by atoms with Gasteiger partial charge in [-0.3, -0.25) is 4.79 Å². The SMILES string of the molecule is C=C[C@@]1(C)CC(=O)[C@@]2(O)[C@]3(C)[C@H](O)CCC(C)(C)[C@H]3[C@@H](O)[C@@H](OC(=O)COc3cc(O)c(I)c(N=[N+]=[N-])c3)[C@]2(C)O1. The molecule has 1 aromatic rings. The fourth-order valence-corrected chi connectivity index (χ4v) is 7.99. The zero-order chi connectivity index (χ0) is 30.8. The van der Waals surface area contributed by atoms with Crippen LogP contribution < -0.4 is 4.74 Å². The number of phenolic OH excluding ortho intramolecular Hbond substituents is 1. The Morgan fingerprint density at radius 2 is 1.95 bits per heavy atom. The lowest BCUT2D eigenvalue weighted by Crippen LogP contribution is -2.86. The number of ketones is 1. The van der Waals surface area contributed by atoms with Crippen molar-refractivity contribution in [2.75, 3.05) is 6.61 Å². The van der Waals surface area contributed by atoms with E-state index in [1.807, 2.05) is 13.8 Å². The molecule has 0 unspecified atom stereocenters. The van der Waals surface area contributed by atoms with Crippen LogP contribution in [0.2, 0.25) is 0 Å². The second-order valence-electron chi connectivity index (χ2n) is 12.5. The average Bonchev–Trinajstić information content (AvgIpc) is 2.88. The number of aromatic hydroxyl groups is 1. The largest absolute Gasteiger partial charge is 0.507 e. The van der Waals surface area contributed by atoms with Crippen LogP contribution in [0.25, 0.3) is 10.4 Å². The van der Waals surface area contributed by atoms with Crippen LogP contribution in [0.15, 0.2) is 29.9 Å². The number of nitrogens with zero attached hydrogens (tertiary/aromatic N) is 3. The van der Waals surface area contributed by atoms with Crippen LogP contribution in [-0.4, -0.2) is 73.9 Å². The maximum atomic E-state index is 13.9. The zero-order valence-corrected chi connectivity index (χ0v) is 25.8. The predicted molar refractivity (Wildman–Crippen MR) is 154 cm³/mol. The van der Waals surface area contributed by atoms with Crippen LogP contribution in [0.5, 0.6) is 11.5 Å². The molecule has 1 aliphatic heterocycles. The summed E-state index contributed by atoms with van der Waals surface area (Å²) in [5.74, 6) is -2.64. The van der Waals surface area contributed by atoms with Crippen molar-refractivity contribution in [1.29, 1.82) is 0 Å². The molecule has 0 amide bonds. The first-order valence-corrected chi connectivity index (χ1v) is 14.3. The molecule has 3 aliphatic rings. The standard InChI is InChI=1S/C28H36IN3O9/c1-7-25(4)12-18(35)28(38)26(5)17(34)8-9-24(2,3)22(26)21(37)23(27(28,6)41-25)40-19(36)13-39-14-10-15(31-32-30)20(29)16(33)11-14/h7,10-11,17,21-23,33-34,37-38H,1,8-9,12-13H2,2-6H3/t17-,21-,22-,23-,25+,26-,27+,28-/m1/s1. The van der Waals surface area contributed by atoms with Gasteiger partial charge in [-0.25, -0.2) is 4.79 Å². The second-order valence-corrected chi connectivity index (χ2v) is 13.6. The van der Waals surface area contributed by atoms with Crippen LogP contribution in [0, 0.1) is 20.3 Å². The molecule has 224 valence electrons. The number of esters is 1. The van der Waals surface area contributed by atoms with Crippen LogP contribution >= 0.6 is 22.6 Å². The maximum Gasteiger partial charge on any atom is 0.344 e. The summed E-state index contributed by atoms with van der Waals surface area (Å²) in [7, 11) is 0. The molecule has 13 heteroatoms. The van der Waals surface area contributed by atoms with Gasteiger partial charge in [0.1, 0.15) is 17.1 Å². The van der Waals surface area contributed by atoms with Gasteiger partial charge >= 0.3 is 5.97 Å². The Balaban J connectivity index is 1.74. The van der Waals surface area contributed by atoms with E-state index in [2.05, 4.69) is 16.6 Å². The third kappa shape index (κ3) is 4.61. The Kier molecular flexibility index (Phi) is 7.98. The molecule has 1 aromatic carbocycles. The van der Waals surface area contributed by atoms with E-state index in [0.29, 0.717) is 6.42 Å². The summed E-state index contributed by atoms with van der Waals surface area (Å²) in [5.41, 5.74) is 1.06. The normalized spacial score (nSPS) is 39.5. The van der Waals surface area contributed by atoms with Gasteiger partial charge in [0.2, 0.25) is 0 Å². The van der Waals surface area contributed by atoms with Gasteiger partial charge in [-0.1, -0.05) is 32.0 Å². The van der Waals surface area contributed by atoms with Crippen LogP contribution in [0.1, 0.15) is 53.9 Å². The van der Waals surface area contributed by atoms with E-state index in [1.54, 1.807) is 36.4 Å². The van der Waals surface area contributed by atoms with Crippen molar-refractivity contribution in [3.8, 4) is 11.5 Å². The van der Waals surface area contributed by atoms with E-state index in [-0.39, 0.29) is 33.6 Å². The van der Waals surface area contributed by atoms with E-state index >= 15 is 0 Å². The molecule has 1 saturated heterocycles. The third-order valence-corrected chi connectivity index (χ3v) is 10.6. The number of carbonyl (C=O) groups excluding carboxylic acids is 2. The highest BCUT2D eigenvalue weighted by Gasteiger charge is 2.81. The highest BCUT2D eigenvalue weighted by atomic mass is 127. The predicted octanol–water partition coefficient (Wildman–Crippen LogP) is 3.83. The first-order valence-electron chi connectivity index (χ1n) is 13.3. The van der Waals surface area contributed by atoms with Gasteiger partial charge in [-0.2, -0.15) is 0 Å². The first kappa shape index (κ1) is 31.5. The second kappa shape index (κ2) is 10.4. The molecule has 12 nitrogen and oxygen atoms in total. The number of fused-ring (bicyclic) bond motifs is 3. The number of benzene rings is 1. The molecule has 4 rings (SSSR count). The van der Waals surface area contributed by atoms with Gasteiger partial charge in [0.25, 0.3) is 0 Å². The lowest BCUT2D eigenvalue weighted by molar-refractivity contribution is -0.370. The molecule has 0 aromatic heterocycles. The molecule has 8 atom stereocenters. The maximum absolute atomic E-state index is 13.9. The van der Waals surface area contributed by atoms with Gasteiger partial charge in [-0.15, -0.1) is 6.58 Å². The van der Waals surface area contributed by atoms with Gasteiger partial charge in [0.15, 0.2) is 24.1 Å². The number of hydrogen-bond donors (Lipinski definition) is 4. The molecule has 41 heavy (non-hydrogen) atoms. The smallest absolute Gasteiger partial charge is 0.344 e. The molecular formula is C28H36IN3O9. The Labute approximate surface area is 251 Å². The van der Waals surface area contributed by atoms with Gasteiger partial charge in [0.05, 0.1) is 27.1 Å². The Hall–Kier alpha value is -2.42. The minimum absolute atomic E-state index is 0.0154. The summed E-state index contributed by atoms with van der Waals surface area (Å²) >= 11 is 1.79. The van der Waals surface area contributed by atoms with E-state index in [1.165, 1.54) is 25.1 Å². The monoisotopic (exact) mass is 685 g/mol. The molecular weight excluding hydrogens is 649 g/mol. The highest BCUT2D eigenvalue weighted by Crippen LogP contribution is 2.67. The number of aliphatic hydroxyl groups is 3. The average molecular weight is 686 g/mol. The minimum Gasteiger partial charge on any atom is -0.507 e. The van der Waals surface area contributed by atoms with Crippen molar-refractivity contribution in [1.82, 2.24) is 0 Å². The zero-order valence-electron chi connectivity index (χ0n) is 23.6. The van der Waals surface area contributed by atoms with E-state index in [9.17, 15) is 30.0 Å². The van der Waals surface area contributed by atoms with E-state index < -0.39 is 70.2 Å². The summed E-state index contributed by atoms with van der Waals surface area (Å²) < 4.78 is 18.0. The van der Waals surface area contributed by atoms with Crippen molar-refractivity contribution < 1.29 is 44.2 Å². The molecule has 4 N–H and O–H groups in total. The van der Waals surface area contributed by atoms with Crippen molar-refractivity contribution in [2.24, 2.45) is 21.9 Å². The summed E-state index contributed by atoms with van der Waals surface area (Å²) in [6.45, 7) is 11.5. The quantitative estimate of drug-likeness (QED) is 0.0861. The molecule has 0 radical (unpaired) electrons. The number of halogens is 1. The van der Waals surface area contributed by atoms with Crippen molar-refractivity contribution >= 4 is 40.0 Å². The van der Waals surface area contributed by atoms with Crippen LogP contribution in [0.4, 0.5) is 5.69 Å². The topological polar surface area (TPSA) is 192 Å². The molecule has 0 bridgehead atoms. The van der Waals surface area contributed by atoms with Gasteiger partial charge in [-0.05, 0) is 66.3 Å². The number of hydrogen-bond acceptors (Lipinski definition) is 10. The summed E-state index contributed by atoms with van der Waals surface area (Å²) in [6, 6.07) is 2.57.